The van der Waals surface area contributed by atoms with Crippen molar-refractivity contribution in [1.29, 1.82) is 0 Å². The minimum atomic E-state index is -0.518. The van der Waals surface area contributed by atoms with Crippen molar-refractivity contribution in [3.63, 3.8) is 0 Å². The van der Waals surface area contributed by atoms with Crippen LogP contribution >= 0.6 is 0 Å². The highest BCUT2D eigenvalue weighted by molar-refractivity contribution is 5.97. The molecule has 1 saturated heterocycles. The van der Waals surface area contributed by atoms with Crippen LogP contribution in [0, 0.1) is 26.7 Å². The van der Waals surface area contributed by atoms with Crippen LogP contribution in [-0.4, -0.2) is 36.5 Å². The number of nitrogens with two attached hydrogens (primary N) is 1. The topological polar surface area (TPSA) is 88.6 Å². The first-order chi connectivity index (χ1) is 9.90. The molecule has 1 aromatic rings. The number of piperidine rings is 1. The highest BCUT2D eigenvalue weighted by Crippen LogP contribution is 2.25. The van der Waals surface area contributed by atoms with Crippen LogP contribution in [0.1, 0.15) is 40.3 Å². The van der Waals surface area contributed by atoms with Gasteiger partial charge in [0.25, 0.3) is 5.91 Å². The van der Waals surface area contributed by atoms with Crippen LogP contribution in [0.4, 0.5) is 4.79 Å². The molecule has 0 spiro atoms. The molecule has 6 heteroatoms. The van der Waals surface area contributed by atoms with Gasteiger partial charge in [0.15, 0.2) is 0 Å². The van der Waals surface area contributed by atoms with Crippen LogP contribution in [0.15, 0.2) is 4.42 Å². The summed E-state index contributed by atoms with van der Waals surface area (Å²) in [5.41, 5.74) is 6.68. The Morgan fingerprint density at radius 2 is 2.05 bits per heavy atom. The van der Waals surface area contributed by atoms with Gasteiger partial charge in [-0.25, -0.2) is 4.79 Å². The molecule has 3 N–H and O–H groups in total. The van der Waals surface area contributed by atoms with E-state index < -0.39 is 6.03 Å². The molecule has 0 bridgehead atoms. The molecule has 6 nitrogen and oxygen atoms in total. The summed E-state index contributed by atoms with van der Waals surface area (Å²) in [4.78, 5) is 25.3. The van der Waals surface area contributed by atoms with Crippen molar-refractivity contribution in [2.45, 2.75) is 33.6 Å². The molecule has 1 aliphatic heterocycles. The number of hydrogen-bond acceptors (Lipinski definition) is 3. The Morgan fingerprint density at radius 1 is 1.33 bits per heavy atom. The van der Waals surface area contributed by atoms with Crippen molar-refractivity contribution in [3.8, 4) is 0 Å². The summed E-state index contributed by atoms with van der Waals surface area (Å²) in [6.45, 7) is 7.51. The Labute approximate surface area is 124 Å². The summed E-state index contributed by atoms with van der Waals surface area (Å²) in [6, 6.07) is -0.518. The molecule has 0 radical (unpaired) electrons. The lowest BCUT2D eigenvalue weighted by Crippen LogP contribution is -2.44. The third-order valence-electron chi connectivity index (χ3n) is 4.15. The van der Waals surface area contributed by atoms with Gasteiger partial charge in [-0.3, -0.25) is 4.79 Å². The number of amides is 3. The molecule has 2 heterocycles. The lowest BCUT2D eigenvalue weighted by Gasteiger charge is -2.32. The number of furan rings is 1. The largest absolute Gasteiger partial charge is 0.466 e. The zero-order valence-corrected chi connectivity index (χ0v) is 12.9. The van der Waals surface area contributed by atoms with E-state index >= 15 is 0 Å². The summed E-state index contributed by atoms with van der Waals surface area (Å²) in [5, 5.41) is 2.62. The number of hydrogen-bond donors (Lipinski definition) is 2. The van der Waals surface area contributed by atoms with Crippen LogP contribution in [0.5, 0.6) is 0 Å². The van der Waals surface area contributed by atoms with E-state index in [2.05, 4.69) is 5.32 Å². The Bertz CT molecular complexity index is 551. The Morgan fingerprint density at radius 3 is 2.62 bits per heavy atom. The van der Waals surface area contributed by atoms with E-state index in [4.69, 9.17) is 10.2 Å². The number of carbonyl (C=O) groups is 2. The third kappa shape index (κ3) is 3.37. The highest BCUT2D eigenvalue weighted by atomic mass is 16.3. The normalized spacial score (nSPS) is 18.6. The smallest absolute Gasteiger partial charge is 0.312 e. The maximum Gasteiger partial charge on any atom is 0.312 e. The van der Waals surface area contributed by atoms with E-state index in [1.54, 1.807) is 0 Å². The van der Waals surface area contributed by atoms with Gasteiger partial charge in [-0.15, -0.1) is 0 Å². The van der Waals surface area contributed by atoms with E-state index in [0.717, 1.165) is 30.7 Å². The van der Waals surface area contributed by atoms with E-state index in [1.165, 1.54) is 0 Å². The summed E-state index contributed by atoms with van der Waals surface area (Å²) < 4.78 is 5.54. The Balaban J connectivity index is 2.07. The third-order valence-corrected chi connectivity index (χ3v) is 4.15. The second kappa shape index (κ2) is 6.20. The van der Waals surface area contributed by atoms with Crippen molar-refractivity contribution in [2.24, 2.45) is 11.7 Å². The van der Waals surface area contributed by atoms with Crippen LogP contribution in [0.3, 0.4) is 0 Å². The van der Waals surface area contributed by atoms with Gasteiger partial charge in [0, 0.05) is 25.2 Å². The molecule has 2 rings (SSSR count). The molecule has 21 heavy (non-hydrogen) atoms. The number of primary amides is 1. The van der Waals surface area contributed by atoms with Crippen molar-refractivity contribution < 1.29 is 14.0 Å². The van der Waals surface area contributed by atoms with Gasteiger partial charge in [-0.1, -0.05) is 0 Å². The van der Waals surface area contributed by atoms with Crippen molar-refractivity contribution >= 4 is 11.9 Å². The Hall–Kier alpha value is -1.98. The fourth-order valence-electron chi connectivity index (χ4n) is 2.93. The molecule has 1 atom stereocenters. The molecule has 116 valence electrons. The molecular weight excluding hydrogens is 270 g/mol. The number of nitrogens with zero attached hydrogens (tertiary/aromatic N) is 1. The predicted molar refractivity (Wildman–Crippen MR) is 79.1 cm³/mol. The fourth-order valence-corrected chi connectivity index (χ4v) is 2.93. The van der Waals surface area contributed by atoms with Crippen molar-refractivity contribution in [3.05, 3.63) is 22.6 Å². The van der Waals surface area contributed by atoms with Gasteiger partial charge in [-0.2, -0.15) is 0 Å². The van der Waals surface area contributed by atoms with Gasteiger partial charge < -0.3 is 20.4 Å². The zero-order valence-electron chi connectivity index (χ0n) is 12.9. The lowest BCUT2D eigenvalue weighted by atomic mass is 9.97. The van der Waals surface area contributed by atoms with Crippen molar-refractivity contribution in [2.75, 3.05) is 19.6 Å². The quantitative estimate of drug-likeness (QED) is 0.889. The fraction of sp³-hybridized carbons (Fsp3) is 0.600. The molecule has 1 aromatic heterocycles. The van der Waals surface area contributed by atoms with Crippen LogP contribution in [0.2, 0.25) is 0 Å². The number of aryl methyl sites for hydroxylation is 2. The molecule has 3 amide bonds. The maximum absolute atomic E-state index is 12.7. The number of urea groups is 1. The van der Waals surface area contributed by atoms with Gasteiger partial charge >= 0.3 is 6.03 Å². The summed E-state index contributed by atoms with van der Waals surface area (Å²) in [5.74, 6) is 1.74. The standard InChI is InChI=1S/C15H23N3O3/c1-9-10(2)21-11(3)13(9)14(19)18-6-4-5-12(8-18)7-17-15(16)20/h12H,4-8H2,1-3H3,(H3,16,17,20). The summed E-state index contributed by atoms with van der Waals surface area (Å²) in [7, 11) is 0. The average Bonchev–Trinajstić information content (AvgIpc) is 2.69. The zero-order chi connectivity index (χ0) is 15.6. The molecule has 0 aromatic carbocycles. The lowest BCUT2D eigenvalue weighted by molar-refractivity contribution is 0.0672. The molecule has 1 unspecified atom stereocenters. The molecule has 0 aliphatic carbocycles. The first kappa shape index (κ1) is 15.4. The van der Waals surface area contributed by atoms with Crippen LogP contribution < -0.4 is 11.1 Å². The molecule has 1 aliphatic rings. The number of nitrogens with one attached hydrogen (secondary N) is 1. The minimum Gasteiger partial charge on any atom is -0.466 e. The van der Waals surface area contributed by atoms with Gasteiger partial charge in [0.1, 0.15) is 11.5 Å². The SMILES string of the molecule is Cc1oc(C)c(C(=O)N2CCCC(CNC(N)=O)C2)c1C. The van der Waals surface area contributed by atoms with Crippen molar-refractivity contribution in [1.82, 2.24) is 10.2 Å². The first-order valence-corrected chi connectivity index (χ1v) is 7.29. The average molecular weight is 293 g/mol. The van der Waals surface area contributed by atoms with E-state index in [1.807, 2.05) is 25.7 Å². The van der Waals surface area contributed by atoms with Gasteiger partial charge in [-0.05, 0) is 39.5 Å². The summed E-state index contributed by atoms with van der Waals surface area (Å²) in [6.07, 6.45) is 1.93. The van der Waals surface area contributed by atoms with Gasteiger partial charge in [0.05, 0.1) is 5.56 Å². The predicted octanol–water partition coefficient (Wildman–Crippen LogP) is 1.73. The number of likely N-dealkylation sites (tertiary alicyclic amines) is 1. The highest BCUT2D eigenvalue weighted by Gasteiger charge is 2.28. The molecule has 0 saturated carbocycles. The minimum absolute atomic E-state index is 0.0191. The second-order valence-electron chi connectivity index (χ2n) is 5.72. The van der Waals surface area contributed by atoms with E-state index in [0.29, 0.717) is 24.4 Å². The van der Waals surface area contributed by atoms with E-state index in [-0.39, 0.29) is 11.8 Å². The monoisotopic (exact) mass is 293 g/mol. The molecular formula is C15H23N3O3. The maximum atomic E-state index is 12.7. The Kier molecular flexibility index (Phi) is 4.55. The summed E-state index contributed by atoms with van der Waals surface area (Å²) >= 11 is 0. The van der Waals surface area contributed by atoms with Crippen LogP contribution in [-0.2, 0) is 0 Å². The number of carbonyl (C=O) groups excluding carboxylic acids is 2. The van der Waals surface area contributed by atoms with E-state index in [9.17, 15) is 9.59 Å². The van der Waals surface area contributed by atoms with Gasteiger partial charge in [0.2, 0.25) is 0 Å². The first-order valence-electron chi connectivity index (χ1n) is 7.29. The number of rotatable bonds is 3. The molecule has 1 fully saturated rings. The van der Waals surface area contributed by atoms with Crippen LogP contribution in [0.25, 0.3) is 0 Å². The second-order valence-corrected chi connectivity index (χ2v) is 5.72.